The summed E-state index contributed by atoms with van der Waals surface area (Å²) in [5.41, 5.74) is 0.399. The predicted octanol–water partition coefficient (Wildman–Crippen LogP) is 2.44. The van der Waals surface area contributed by atoms with Gasteiger partial charge in [-0.2, -0.15) is 0 Å². The number of amides is 1. The quantitative estimate of drug-likeness (QED) is 0.710. The third-order valence-electron chi connectivity index (χ3n) is 2.65. The van der Waals surface area contributed by atoms with Gasteiger partial charge >= 0.3 is 0 Å². The highest BCUT2D eigenvalue weighted by Gasteiger charge is 2.09. The zero-order chi connectivity index (χ0) is 15.7. The summed E-state index contributed by atoms with van der Waals surface area (Å²) in [4.78, 5) is 22.6. The van der Waals surface area contributed by atoms with Gasteiger partial charge in [-0.25, -0.2) is 0 Å². The van der Waals surface area contributed by atoms with Crippen LogP contribution in [0.5, 0.6) is 11.5 Å². The molecule has 1 amide bonds. The van der Waals surface area contributed by atoms with Gasteiger partial charge in [0.1, 0.15) is 11.5 Å². The Morgan fingerprint density at radius 3 is 2.71 bits per heavy atom. The van der Waals surface area contributed by atoms with E-state index in [1.807, 2.05) is 20.8 Å². The predicted molar refractivity (Wildman–Crippen MR) is 81.0 cm³/mol. The lowest BCUT2D eigenvalue weighted by Gasteiger charge is -2.12. The van der Waals surface area contributed by atoms with Gasteiger partial charge in [-0.3, -0.25) is 9.59 Å². The van der Waals surface area contributed by atoms with Crippen LogP contribution in [0.2, 0.25) is 0 Å². The molecule has 0 aliphatic rings. The molecule has 0 unspecified atom stereocenters. The minimum absolute atomic E-state index is 0.120. The van der Waals surface area contributed by atoms with Crippen molar-refractivity contribution in [3.8, 4) is 11.5 Å². The van der Waals surface area contributed by atoms with Gasteiger partial charge in [-0.15, -0.1) is 0 Å². The van der Waals surface area contributed by atoms with Crippen molar-refractivity contribution in [2.75, 3.05) is 19.8 Å². The van der Waals surface area contributed by atoms with Crippen LogP contribution in [-0.4, -0.2) is 32.0 Å². The summed E-state index contributed by atoms with van der Waals surface area (Å²) in [6.45, 7) is 7.11. The van der Waals surface area contributed by atoms with Gasteiger partial charge in [0.2, 0.25) is 0 Å². The number of ether oxygens (including phenoxy) is 2. The Morgan fingerprint density at radius 2 is 2.10 bits per heavy atom. The smallest absolute Gasteiger partial charge is 0.257 e. The number of nitrogens with one attached hydrogen (secondary N) is 1. The zero-order valence-electron chi connectivity index (χ0n) is 12.8. The number of hydrogen-bond acceptors (Lipinski definition) is 4. The molecule has 0 aliphatic heterocycles. The number of hydrogen-bond donors (Lipinski definition) is 1. The first-order chi connectivity index (χ1) is 10.1. The van der Waals surface area contributed by atoms with Gasteiger partial charge in [0.05, 0.1) is 12.2 Å². The Hall–Kier alpha value is -2.04. The molecular weight excluding hydrogens is 270 g/mol. The van der Waals surface area contributed by atoms with E-state index < -0.39 is 0 Å². The van der Waals surface area contributed by atoms with E-state index in [1.54, 1.807) is 18.2 Å². The third kappa shape index (κ3) is 6.29. The van der Waals surface area contributed by atoms with E-state index in [9.17, 15) is 9.59 Å². The Balaban J connectivity index is 2.62. The van der Waals surface area contributed by atoms with E-state index in [2.05, 4.69) is 5.32 Å². The fraction of sp³-hybridized carbons (Fsp3) is 0.500. The lowest BCUT2D eigenvalue weighted by Crippen LogP contribution is -2.31. The molecule has 1 N–H and O–H groups in total. The van der Waals surface area contributed by atoms with E-state index in [0.717, 1.165) is 6.42 Å². The van der Waals surface area contributed by atoms with Crippen LogP contribution >= 0.6 is 0 Å². The fourth-order valence-electron chi connectivity index (χ4n) is 1.56. The molecule has 1 aromatic carbocycles. The monoisotopic (exact) mass is 293 g/mol. The van der Waals surface area contributed by atoms with Crippen molar-refractivity contribution in [3.63, 3.8) is 0 Å². The summed E-state index contributed by atoms with van der Waals surface area (Å²) in [6, 6.07) is 4.97. The number of carbonyl (C=O) groups is 2. The van der Waals surface area contributed by atoms with Crippen LogP contribution in [0.25, 0.3) is 0 Å². The van der Waals surface area contributed by atoms with E-state index >= 15 is 0 Å². The topological polar surface area (TPSA) is 64.6 Å². The molecule has 0 saturated carbocycles. The van der Waals surface area contributed by atoms with Gasteiger partial charge in [-0.1, -0.05) is 20.8 Å². The summed E-state index contributed by atoms with van der Waals surface area (Å²) in [7, 11) is 0. The maximum Gasteiger partial charge on any atom is 0.257 e. The van der Waals surface area contributed by atoms with E-state index in [0.29, 0.717) is 42.4 Å². The summed E-state index contributed by atoms with van der Waals surface area (Å²) in [5, 5.41) is 2.76. The molecule has 1 aromatic rings. The number of aldehydes is 1. The van der Waals surface area contributed by atoms with Gasteiger partial charge in [0.25, 0.3) is 5.91 Å². The Bertz CT molecular complexity index is 471. The van der Waals surface area contributed by atoms with Crippen LogP contribution in [0.15, 0.2) is 18.2 Å². The molecule has 0 radical (unpaired) electrons. The highest BCUT2D eigenvalue weighted by Crippen LogP contribution is 2.23. The number of benzene rings is 1. The first kappa shape index (κ1) is 17.0. The molecule has 0 spiro atoms. The SMILES string of the molecule is CCCOc1ccc(C=O)c(OCC(=O)NCC(C)C)c1. The van der Waals surface area contributed by atoms with Crippen molar-refractivity contribution in [3.05, 3.63) is 23.8 Å². The van der Waals surface area contributed by atoms with E-state index in [4.69, 9.17) is 9.47 Å². The lowest BCUT2D eigenvalue weighted by atomic mass is 10.2. The van der Waals surface area contributed by atoms with Crippen LogP contribution in [-0.2, 0) is 4.79 Å². The molecule has 0 aromatic heterocycles. The molecule has 116 valence electrons. The van der Waals surface area contributed by atoms with Crippen molar-refractivity contribution in [1.82, 2.24) is 5.32 Å². The van der Waals surface area contributed by atoms with Gasteiger partial charge < -0.3 is 14.8 Å². The lowest BCUT2D eigenvalue weighted by molar-refractivity contribution is -0.123. The standard InChI is InChI=1S/C16H23NO4/c1-4-7-20-14-6-5-13(10-18)15(8-14)21-11-16(19)17-9-12(2)3/h5-6,8,10,12H,4,7,9,11H2,1-3H3,(H,17,19). The second-order valence-corrected chi connectivity index (χ2v) is 5.15. The molecule has 0 bridgehead atoms. The highest BCUT2D eigenvalue weighted by molar-refractivity contribution is 5.81. The van der Waals surface area contributed by atoms with E-state index in [1.165, 1.54) is 0 Å². The first-order valence-corrected chi connectivity index (χ1v) is 7.18. The van der Waals surface area contributed by atoms with Crippen LogP contribution in [0.3, 0.4) is 0 Å². The van der Waals surface area contributed by atoms with Crippen LogP contribution in [0.1, 0.15) is 37.6 Å². The average Bonchev–Trinajstić information content (AvgIpc) is 2.48. The van der Waals surface area contributed by atoms with Crippen molar-refractivity contribution in [2.45, 2.75) is 27.2 Å². The van der Waals surface area contributed by atoms with Crippen molar-refractivity contribution >= 4 is 12.2 Å². The first-order valence-electron chi connectivity index (χ1n) is 7.18. The molecular formula is C16H23NO4. The van der Waals surface area contributed by atoms with Gasteiger partial charge in [0, 0.05) is 12.6 Å². The highest BCUT2D eigenvalue weighted by atomic mass is 16.5. The average molecular weight is 293 g/mol. The molecule has 1 rings (SSSR count). The Morgan fingerprint density at radius 1 is 1.33 bits per heavy atom. The Labute approximate surface area is 125 Å². The molecule has 5 nitrogen and oxygen atoms in total. The second kappa shape index (κ2) is 9.00. The maximum absolute atomic E-state index is 11.6. The molecule has 21 heavy (non-hydrogen) atoms. The maximum atomic E-state index is 11.6. The molecule has 0 saturated heterocycles. The fourth-order valence-corrected chi connectivity index (χ4v) is 1.56. The van der Waals surface area contributed by atoms with Gasteiger partial charge in [-0.05, 0) is 24.5 Å². The molecule has 5 heteroatoms. The number of rotatable bonds is 9. The summed E-state index contributed by atoms with van der Waals surface area (Å²) in [5.74, 6) is 1.16. The summed E-state index contributed by atoms with van der Waals surface area (Å²) in [6.07, 6.45) is 1.59. The molecule has 0 fully saturated rings. The number of carbonyl (C=O) groups excluding carboxylic acids is 2. The molecule has 0 atom stereocenters. The second-order valence-electron chi connectivity index (χ2n) is 5.15. The van der Waals surface area contributed by atoms with Crippen molar-refractivity contribution in [2.24, 2.45) is 5.92 Å². The van der Waals surface area contributed by atoms with Gasteiger partial charge in [0.15, 0.2) is 12.9 Å². The summed E-state index contributed by atoms with van der Waals surface area (Å²) < 4.78 is 10.9. The molecule has 0 aliphatic carbocycles. The molecule has 0 heterocycles. The zero-order valence-corrected chi connectivity index (χ0v) is 12.8. The largest absolute Gasteiger partial charge is 0.493 e. The van der Waals surface area contributed by atoms with Crippen molar-refractivity contribution < 1.29 is 19.1 Å². The van der Waals surface area contributed by atoms with E-state index in [-0.39, 0.29) is 12.5 Å². The Kier molecular flexibility index (Phi) is 7.29. The van der Waals surface area contributed by atoms with Crippen LogP contribution in [0.4, 0.5) is 0 Å². The minimum Gasteiger partial charge on any atom is -0.493 e. The third-order valence-corrected chi connectivity index (χ3v) is 2.65. The van der Waals surface area contributed by atoms with Crippen LogP contribution in [0, 0.1) is 5.92 Å². The minimum atomic E-state index is -0.208. The van der Waals surface area contributed by atoms with Crippen molar-refractivity contribution in [1.29, 1.82) is 0 Å². The van der Waals surface area contributed by atoms with Crippen LogP contribution < -0.4 is 14.8 Å². The summed E-state index contributed by atoms with van der Waals surface area (Å²) >= 11 is 0. The normalized spacial score (nSPS) is 10.3.